The molecule has 1 atom stereocenters. The normalized spacial score (nSPS) is 20.6. The minimum atomic E-state index is -2.72. The van der Waals surface area contributed by atoms with E-state index in [1.54, 1.807) is 12.1 Å². The predicted octanol–water partition coefficient (Wildman–Crippen LogP) is 4.04. The summed E-state index contributed by atoms with van der Waals surface area (Å²) in [6.45, 7) is 5.00. The molecule has 3 heteroatoms. The van der Waals surface area contributed by atoms with E-state index >= 15 is 0 Å². The molecule has 1 aromatic rings. The van der Waals surface area contributed by atoms with Crippen LogP contribution in [-0.2, 0) is 5.92 Å². The van der Waals surface area contributed by atoms with Gasteiger partial charge in [0.25, 0.3) is 5.92 Å². The quantitative estimate of drug-likeness (QED) is 0.853. The van der Waals surface area contributed by atoms with E-state index < -0.39 is 5.92 Å². The summed E-state index contributed by atoms with van der Waals surface area (Å²) in [6.07, 6.45) is 1.78. The molecule has 1 aromatic carbocycles. The molecule has 1 saturated heterocycles. The van der Waals surface area contributed by atoms with E-state index in [9.17, 15) is 8.78 Å². The first-order valence-corrected chi connectivity index (χ1v) is 6.70. The molecule has 100 valence electrons. The van der Waals surface area contributed by atoms with Crippen molar-refractivity contribution in [2.75, 3.05) is 6.54 Å². The summed E-state index contributed by atoms with van der Waals surface area (Å²) < 4.78 is 28.2. The maximum atomic E-state index is 14.1. The van der Waals surface area contributed by atoms with Crippen LogP contribution in [0.1, 0.15) is 50.2 Å². The molecule has 1 fully saturated rings. The Balaban J connectivity index is 2.08. The number of benzene rings is 1. The Morgan fingerprint density at radius 2 is 1.94 bits per heavy atom. The highest BCUT2D eigenvalue weighted by molar-refractivity contribution is 5.27. The van der Waals surface area contributed by atoms with Gasteiger partial charge in [0.2, 0.25) is 0 Å². The molecule has 18 heavy (non-hydrogen) atoms. The molecule has 1 aliphatic rings. The fraction of sp³-hybridized carbons (Fsp3) is 0.600. The van der Waals surface area contributed by atoms with Crippen molar-refractivity contribution in [1.29, 1.82) is 0 Å². The van der Waals surface area contributed by atoms with Gasteiger partial charge in [0.1, 0.15) is 0 Å². The van der Waals surface area contributed by atoms with Crippen molar-refractivity contribution in [3.05, 3.63) is 35.4 Å². The van der Waals surface area contributed by atoms with Gasteiger partial charge >= 0.3 is 0 Å². The average Bonchev–Trinajstić information content (AvgIpc) is 2.81. The molecular formula is C15H21F2N. The third kappa shape index (κ3) is 3.08. The van der Waals surface area contributed by atoms with Gasteiger partial charge in [0, 0.05) is 18.0 Å². The van der Waals surface area contributed by atoms with Gasteiger partial charge in [-0.1, -0.05) is 38.1 Å². The van der Waals surface area contributed by atoms with Gasteiger partial charge in [0.05, 0.1) is 0 Å². The van der Waals surface area contributed by atoms with Gasteiger partial charge in [-0.25, -0.2) is 8.78 Å². The Morgan fingerprint density at radius 1 is 1.28 bits per heavy atom. The lowest BCUT2D eigenvalue weighted by molar-refractivity contribution is -0.0213. The Labute approximate surface area is 108 Å². The minimum absolute atomic E-state index is 0.0372. The van der Waals surface area contributed by atoms with Crippen LogP contribution in [0.3, 0.4) is 0 Å². The van der Waals surface area contributed by atoms with Crippen molar-refractivity contribution < 1.29 is 8.78 Å². The van der Waals surface area contributed by atoms with Gasteiger partial charge in [-0.05, 0) is 30.9 Å². The number of alkyl halides is 2. The minimum Gasteiger partial charge on any atom is -0.314 e. The average molecular weight is 253 g/mol. The zero-order valence-corrected chi connectivity index (χ0v) is 11.0. The fourth-order valence-electron chi connectivity index (χ4n) is 2.47. The first kappa shape index (κ1) is 13.5. The zero-order chi connectivity index (χ0) is 13.2. The first-order chi connectivity index (χ1) is 8.49. The van der Waals surface area contributed by atoms with Crippen LogP contribution < -0.4 is 5.32 Å². The molecular weight excluding hydrogens is 232 g/mol. The molecule has 0 aromatic heterocycles. The monoisotopic (exact) mass is 253 g/mol. The van der Waals surface area contributed by atoms with E-state index in [0.717, 1.165) is 24.9 Å². The second-order valence-electron chi connectivity index (χ2n) is 5.48. The van der Waals surface area contributed by atoms with Crippen molar-refractivity contribution in [1.82, 2.24) is 5.32 Å². The summed E-state index contributed by atoms with van der Waals surface area (Å²) in [4.78, 5) is 0. The number of halogens is 2. The van der Waals surface area contributed by atoms with Crippen LogP contribution in [0.25, 0.3) is 0 Å². The summed E-state index contributed by atoms with van der Waals surface area (Å²) >= 11 is 0. The largest absolute Gasteiger partial charge is 0.314 e. The van der Waals surface area contributed by atoms with Crippen LogP contribution in [0.4, 0.5) is 8.78 Å². The van der Waals surface area contributed by atoms with Gasteiger partial charge in [-0.2, -0.15) is 0 Å². The van der Waals surface area contributed by atoms with Gasteiger partial charge < -0.3 is 5.32 Å². The Bertz CT molecular complexity index is 378. The summed E-state index contributed by atoms with van der Waals surface area (Å²) in [7, 11) is 0. The molecule has 1 nitrogen and oxygen atoms in total. The van der Waals surface area contributed by atoms with Gasteiger partial charge in [-0.15, -0.1) is 0 Å². The number of nitrogens with one attached hydrogen (secondary N) is 1. The molecule has 0 bridgehead atoms. The molecule has 2 rings (SSSR count). The Morgan fingerprint density at radius 3 is 2.44 bits per heavy atom. The summed E-state index contributed by atoms with van der Waals surface area (Å²) in [5, 5.41) is 3.13. The van der Waals surface area contributed by atoms with Gasteiger partial charge in [-0.3, -0.25) is 0 Å². The molecule has 1 unspecified atom stereocenters. The van der Waals surface area contributed by atoms with Crippen molar-refractivity contribution in [3.8, 4) is 0 Å². The van der Waals surface area contributed by atoms with E-state index in [0.29, 0.717) is 5.92 Å². The Hall–Kier alpha value is -0.960. The third-order valence-electron chi connectivity index (χ3n) is 3.66. The second-order valence-corrected chi connectivity index (χ2v) is 5.48. The Kier molecular flexibility index (Phi) is 4.00. The molecule has 0 saturated carbocycles. The first-order valence-electron chi connectivity index (χ1n) is 6.70. The summed E-state index contributed by atoms with van der Waals surface area (Å²) in [5.41, 5.74) is 1.24. The maximum absolute atomic E-state index is 14.1. The summed E-state index contributed by atoms with van der Waals surface area (Å²) in [5.74, 6) is -2.35. The predicted molar refractivity (Wildman–Crippen MR) is 70.1 cm³/mol. The van der Waals surface area contributed by atoms with E-state index in [-0.39, 0.29) is 18.0 Å². The molecule has 1 aliphatic heterocycles. The van der Waals surface area contributed by atoms with Crippen molar-refractivity contribution in [2.45, 2.75) is 51.0 Å². The second kappa shape index (κ2) is 5.35. The van der Waals surface area contributed by atoms with Crippen molar-refractivity contribution >= 4 is 0 Å². The lowest BCUT2D eigenvalue weighted by atomic mass is 9.96. The molecule has 0 aliphatic carbocycles. The van der Waals surface area contributed by atoms with Crippen LogP contribution in [0.2, 0.25) is 0 Å². The highest BCUT2D eigenvalue weighted by Crippen LogP contribution is 2.35. The van der Waals surface area contributed by atoms with E-state index in [2.05, 4.69) is 19.2 Å². The fourth-order valence-corrected chi connectivity index (χ4v) is 2.47. The van der Waals surface area contributed by atoms with E-state index in [4.69, 9.17) is 0 Å². The lowest BCUT2D eigenvalue weighted by Gasteiger charge is -2.21. The molecule has 1 heterocycles. The third-order valence-corrected chi connectivity index (χ3v) is 3.66. The highest BCUT2D eigenvalue weighted by Gasteiger charge is 2.35. The SMILES string of the molecule is CC(C)c1ccc(C(F)(F)CC2CCCN2)cc1. The van der Waals surface area contributed by atoms with Gasteiger partial charge in [0.15, 0.2) is 0 Å². The molecule has 0 spiro atoms. The highest BCUT2D eigenvalue weighted by atomic mass is 19.3. The number of hydrogen-bond acceptors (Lipinski definition) is 1. The maximum Gasteiger partial charge on any atom is 0.274 e. The van der Waals surface area contributed by atoms with E-state index in [1.165, 1.54) is 0 Å². The zero-order valence-electron chi connectivity index (χ0n) is 11.0. The molecule has 0 radical (unpaired) electrons. The van der Waals surface area contributed by atoms with Crippen LogP contribution in [-0.4, -0.2) is 12.6 Å². The lowest BCUT2D eigenvalue weighted by Crippen LogP contribution is -2.29. The van der Waals surface area contributed by atoms with Crippen LogP contribution in [0.5, 0.6) is 0 Å². The van der Waals surface area contributed by atoms with Crippen molar-refractivity contribution in [2.24, 2.45) is 0 Å². The number of rotatable bonds is 4. The van der Waals surface area contributed by atoms with Crippen LogP contribution >= 0.6 is 0 Å². The van der Waals surface area contributed by atoms with Crippen molar-refractivity contribution in [3.63, 3.8) is 0 Å². The topological polar surface area (TPSA) is 12.0 Å². The van der Waals surface area contributed by atoms with Crippen LogP contribution in [0, 0.1) is 0 Å². The molecule has 0 amide bonds. The van der Waals surface area contributed by atoms with Crippen LogP contribution in [0.15, 0.2) is 24.3 Å². The summed E-state index contributed by atoms with van der Waals surface area (Å²) in [6, 6.07) is 6.74. The smallest absolute Gasteiger partial charge is 0.274 e. The molecule has 1 N–H and O–H groups in total. The van der Waals surface area contributed by atoms with E-state index in [1.807, 2.05) is 12.1 Å². The standard InChI is InChI=1S/C15H21F2N/c1-11(2)12-5-7-13(8-6-12)15(16,17)10-14-4-3-9-18-14/h5-8,11,14,18H,3-4,9-10H2,1-2H3. The number of hydrogen-bond donors (Lipinski definition) is 1.